The summed E-state index contributed by atoms with van der Waals surface area (Å²) in [7, 11) is 0. The molecule has 0 aliphatic heterocycles. The minimum Gasteiger partial charge on any atom is -0.508 e. The number of carbonyl (C=O) groups excluding carboxylic acids is 3. The van der Waals surface area contributed by atoms with Gasteiger partial charge in [0.1, 0.15) is 11.8 Å². The zero-order valence-corrected chi connectivity index (χ0v) is 12.2. The summed E-state index contributed by atoms with van der Waals surface area (Å²) in [5.74, 6) is -1.56. The number of benzene rings is 1. The van der Waals surface area contributed by atoms with E-state index in [0.717, 1.165) is 5.56 Å². The van der Waals surface area contributed by atoms with Crippen LogP contribution in [0.1, 0.15) is 12.5 Å². The number of nitrogens with one attached hydrogen (secondary N) is 2. The number of hydrogen-bond donors (Lipinski definition) is 5. The van der Waals surface area contributed by atoms with Crippen molar-refractivity contribution >= 4 is 17.7 Å². The predicted octanol–water partition coefficient (Wildman–Crippen LogP) is -1.63. The zero-order valence-electron chi connectivity index (χ0n) is 12.2. The normalized spacial score (nSPS) is 13.0. The van der Waals surface area contributed by atoms with Crippen LogP contribution in [-0.4, -0.2) is 41.5 Å². The maximum atomic E-state index is 11.9. The molecule has 8 nitrogen and oxygen atoms in total. The van der Waals surface area contributed by atoms with Gasteiger partial charge in [0.25, 0.3) is 0 Å². The summed E-state index contributed by atoms with van der Waals surface area (Å²) in [6.07, 6.45) is 0.266. The molecule has 7 N–H and O–H groups in total. The lowest BCUT2D eigenvalue weighted by atomic mass is 10.1. The van der Waals surface area contributed by atoms with Crippen LogP contribution in [0, 0.1) is 0 Å². The van der Waals surface area contributed by atoms with E-state index in [9.17, 15) is 19.5 Å². The van der Waals surface area contributed by atoms with E-state index in [0.29, 0.717) is 0 Å². The molecule has 120 valence electrons. The second-order valence-corrected chi connectivity index (χ2v) is 4.89. The molecule has 0 radical (unpaired) electrons. The van der Waals surface area contributed by atoms with Gasteiger partial charge in [0, 0.05) is 0 Å². The summed E-state index contributed by atoms with van der Waals surface area (Å²) in [4.78, 5) is 34.1. The summed E-state index contributed by atoms with van der Waals surface area (Å²) < 4.78 is 0. The van der Waals surface area contributed by atoms with Gasteiger partial charge in [-0.2, -0.15) is 0 Å². The molecule has 0 aromatic heterocycles. The lowest BCUT2D eigenvalue weighted by Crippen LogP contribution is -2.51. The monoisotopic (exact) mass is 308 g/mol. The maximum Gasteiger partial charge on any atom is 0.242 e. The molecule has 3 amide bonds. The molecule has 0 fully saturated rings. The number of primary amides is 1. The number of aromatic hydroxyl groups is 1. The average Bonchev–Trinajstić information content (AvgIpc) is 2.46. The quantitative estimate of drug-likeness (QED) is 0.410. The molecule has 0 spiro atoms. The summed E-state index contributed by atoms with van der Waals surface area (Å²) >= 11 is 0. The first kappa shape index (κ1) is 17.4. The standard InChI is InChI=1S/C14H20N4O4/c1-8(13(21)17-7-12(16)20)18-14(22)11(15)6-9-2-4-10(19)5-3-9/h2-5,8,11,19H,6-7,15H2,1H3,(H2,16,20)(H,17,21)(H,18,22)/t8-,11+/m1/s1. The maximum absolute atomic E-state index is 11.9. The Balaban J connectivity index is 2.47. The van der Waals surface area contributed by atoms with E-state index in [1.54, 1.807) is 12.1 Å². The smallest absolute Gasteiger partial charge is 0.242 e. The van der Waals surface area contributed by atoms with Crippen molar-refractivity contribution in [2.75, 3.05) is 6.54 Å². The number of nitrogens with two attached hydrogens (primary N) is 2. The molecule has 1 rings (SSSR count). The van der Waals surface area contributed by atoms with Crippen LogP contribution in [0.25, 0.3) is 0 Å². The van der Waals surface area contributed by atoms with Crippen LogP contribution in [0.5, 0.6) is 5.75 Å². The highest BCUT2D eigenvalue weighted by atomic mass is 16.3. The molecule has 0 aliphatic rings. The van der Waals surface area contributed by atoms with Gasteiger partial charge < -0.3 is 27.2 Å². The van der Waals surface area contributed by atoms with E-state index in [4.69, 9.17) is 11.5 Å². The number of carbonyl (C=O) groups is 3. The molecule has 0 saturated carbocycles. The molecule has 0 aliphatic carbocycles. The second kappa shape index (κ2) is 7.99. The Kier molecular flexibility index (Phi) is 6.33. The Hall–Kier alpha value is -2.61. The summed E-state index contributed by atoms with van der Waals surface area (Å²) in [5, 5.41) is 13.9. The van der Waals surface area contributed by atoms with E-state index < -0.39 is 29.8 Å². The van der Waals surface area contributed by atoms with Gasteiger partial charge in [0.2, 0.25) is 17.7 Å². The van der Waals surface area contributed by atoms with E-state index in [2.05, 4.69) is 10.6 Å². The first-order chi connectivity index (χ1) is 10.3. The van der Waals surface area contributed by atoms with Crippen LogP contribution < -0.4 is 22.1 Å². The first-order valence-electron chi connectivity index (χ1n) is 6.69. The summed E-state index contributed by atoms with van der Waals surface area (Å²) in [6.45, 7) is 1.18. The van der Waals surface area contributed by atoms with Gasteiger partial charge in [0.15, 0.2) is 0 Å². The number of hydrogen-bond acceptors (Lipinski definition) is 5. The fourth-order valence-corrected chi connectivity index (χ4v) is 1.69. The first-order valence-corrected chi connectivity index (χ1v) is 6.69. The van der Waals surface area contributed by atoms with Gasteiger partial charge in [-0.15, -0.1) is 0 Å². The number of rotatable bonds is 7. The van der Waals surface area contributed by atoms with Crippen LogP contribution in [0.15, 0.2) is 24.3 Å². The highest BCUT2D eigenvalue weighted by Crippen LogP contribution is 2.10. The van der Waals surface area contributed by atoms with Gasteiger partial charge in [-0.1, -0.05) is 12.1 Å². The van der Waals surface area contributed by atoms with Crippen LogP contribution in [0.3, 0.4) is 0 Å². The Morgan fingerprint density at radius 1 is 1.18 bits per heavy atom. The van der Waals surface area contributed by atoms with E-state index in [-0.39, 0.29) is 18.7 Å². The minimum absolute atomic E-state index is 0.126. The van der Waals surface area contributed by atoms with Crippen molar-refractivity contribution in [1.29, 1.82) is 0 Å². The second-order valence-electron chi connectivity index (χ2n) is 4.89. The SMILES string of the molecule is C[C@@H](NC(=O)[C@@H](N)Cc1ccc(O)cc1)C(=O)NCC(N)=O. The molecular formula is C14H20N4O4. The third-order valence-electron chi connectivity index (χ3n) is 2.92. The Morgan fingerprint density at radius 3 is 2.32 bits per heavy atom. The summed E-state index contributed by atoms with van der Waals surface area (Å²) in [6, 6.07) is 4.64. The predicted molar refractivity (Wildman–Crippen MR) is 79.6 cm³/mol. The number of phenols is 1. The van der Waals surface area contributed by atoms with Crippen molar-refractivity contribution in [1.82, 2.24) is 10.6 Å². The number of amides is 3. The number of phenolic OH excluding ortho intramolecular Hbond substituents is 1. The molecule has 1 aromatic rings. The molecule has 1 aromatic carbocycles. The Bertz CT molecular complexity index is 544. The highest BCUT2D eigenvalue weighted by Gasteiger charge is 2.20. The molecule has 8 heteroatoms. The molecule has 0 bridgehead atoms. The van der Waals surface area contributed by atoms with E-state index in [1.165, 1.54) is 19.1 Å². The van der Waals surface area contributed by atoms with Gasteiger partial charge in [-0.05, 0) is 31.0 Å². The lowest BCUT2D eigenvalue weighted by molar-refractivity contribution is -0.130. The third-order valence-corrected chi connectivity index (χ3v) is 2.92. The third kappa shape index (κ3) is 5.80. The molecule has 0 unspecified atom stereocenters. The van der Waals surface area contributed by atoms with E-state index in [1.807, 2.05) is 0 Å². The van der Waals surface area contributed by atoms with Crippen molar-refractivity contribution in [3.63, 3.8) is 0 Å². The molecule has 2 atom stereocenters. The van der Waals surface area contributed by atoms with Crippen molar-refractivity contribution in [2.45, 2.75) is 25.4 Å². The van der Waals surface area contributed by atoms with Crippen LogP contribution in [0.4, 0.5) is 0 Å². The molecular weight excluding hydrogens is 288 g/mol. The Morgan fingerprint density at radius 2 is 1.77 bits per heavy atom. The van der Waals surface area contributed by atoms with Crippen LogP contribution in [-0.2, 0) is 20.8 Å². The summed E-state index contributed by atoms with van der Waals surface area (Å²) in [5.41, 5.74) is 11.5. The highest BCUT2D eigenvalue weighted by molar-refractivity contribution is 5.91. The van der Waals surface area contributed by atoms with Crippen molar-refractivity contribution in [2.24, 2.45) is 11.5 Å². The van der Waals surface area contributed by atoms with Gasteiger partial charge in [-0.3, -0.25) is 14.4 Å². The van der Waals surface area contributed by atoms with Gasteiger partial charge in [-0.25, -0.2) is 0 Å². The molecule has 0 saturated heterocycles. The van der Waals surface area contributed by atoms with E-state index >= 15 is 0 Å². The fourth-order valence-electron chi connectivity index (χ4n) is 1.69. The van der Waals surface area contributed by atoms with Crippen LogP contribution in [0.2, 0.25) is 0 Å². The zero-order chi connectivity index (χ0) is 16.7. The van der Waals surface area contributed by atoms with Crippen molar-refractivity contribution in [3.05, 3.63) is 29.8 Å². The minimum atomic E-state index is -0.837. The van der Waals surface area contributed by atoms with Crippen molar-refractivity contribution < 1.29 is 19.5 Å². The lowest BCUT2D eigenvalue weighted by Gasteiger charge is -2.17. The van der Waals surface area contributed by atoms with Gasteiger partial charge in [0.05, 0.1) is 12.6 Å². The molecule has 22 heavy (non-hydrogen) atoms. The largest absolute Gasteiger partial charge is 0.508 e. The topological polar surface area (TPSA) is 148 Å². The fraction of sp³-hybridized carbons (Fsp3) is 0.357. The van der Waals surface area contributed by atoms with Crippen LogP contribution >= 0.6 is 0 Å². The molecule has 0 heterocycles. The van der Waals surface area contributed by atoms with Crippen molar-refractivity contribution in [3.8, 4) is 5.75 Å². The van der Waals surface area contributed by atoms with Gasteiger partial charge >= 0.3 is 0 Å². The Labute approximate surface area is 127 Å². The average molecular weight is 308 g/mol.